The minimum absolute atomic E-state index is 1.14. The standard InChI is InChI=1S/C10H12.C6H15N.C2H6/c1-8(2)10-7-5-4-6-9(10)3;1-3-4-5-6-7-2;1-2/h4-7H,1H2,2-3H3;7H,3-6H2,1-2H3;1-2H3. The number of nitrogens with one attached hydrogen (secondary N) is 1. The normalized spacial score (nSPS) is 8.74. The molecule has 0 aromatic heterocycles. The smallest absolute Gasteiger partial charge is 0.00519 e. The lowest BCUT2D eigenvalue weighted by molar-refractivity contribution is 0.667. The fraction of sp³-hybridized carbons (Fsp3) is 0.556. The van der Waals surface area contributed by atoms with E-state index in [4.69, 9.17) is 0 Å². The van der Waals surface area contributed by atoms with Crippen LogP contribution in [0.15, 0.2) is 30.8 Å². The molecule has 0 aliphatic carbocycles. The SMILES string of the molecule is C=C(C)c1ccccc1C.CC.CCCCCNC. The van der Waals surface area contributed by atoms with E-state index in [0.29, 0.717) is 0 Å². The van der Waals surface area contributed by atoms with Gasteiger partial charge >= 0.3 is 0 Å². The van der Waals surface area contributed by atoms with E-state index < -0.39 is 0 Å². The molecule has 0 spiro atoms. The third-order valence-electron chi connectivity index (χ3n) is 2.64. The van der Waals surface area contributed by atoms with Crippen molar-refractivity contribution in [2.75, 3.05) is 13.6 Å². The van der Waals surface area contributed by atoms with E-state index in [2.05, 4.69) is 37.9 Å². The number of unbranched alkanes of at least 4 members (excludes halogenated alkanes) is 2. The fourth-order valence-electron chi connectivity index (χ4n) is 1.60. The number of rotatable bonds is 5. The third kappa shape index (κ3) is 11.7. The number of allylic oxidation sites excluding steroid dienone is 1. The summed E-state index contributed by atoms with van der Waals surface area (Å²) in [4.78, 5) is 0. The van der Waals surface area contributed by atoms with Crippen molar-refractivity contribution in [1.29, 1.82) is 0 Å². The average molecular weight is 263 g/mol. The highest BCUT2D eigenvalue weighted by atomic mass is 14.8. The molecule has 110 valence electrons. The van der Waals surface area contributed by atoms with Gasteiger partial charge in [-0.05, 0) is 45.0 Å². The van der Waals surface area contributed by atoms with Crippen LogP contribution < -0.4 is 5.32 Å². The summed E-state index contributed by atoms with van der Waals surface area (Å²) in [5.74, 6) is 0. The molecule has 0 heterocycles. The molecule has 0 unspecified atom stereocenters. The quantitative estimate of drug-likeness (QED) is 0.696. The molecule has 0 amide bonds. The van der Waals surface area contributed by atoms with E-state index in [-0.39, 0.29) is 0 Å². The highest BCUT2D eigenvalue weighted by molar-refractivity contribution is 5.63. The number of aryl methyl sites for hydroxylation is 1. The zero-order valence-corrected chi connectivity index (χ0v) is 13.8. The summed E-state index contributed by atoms with van der Waals surface area (Å²) in [6, 6.07) is 8.28. The molecule has 1 aromatic rings. The van der Waals surface area contributed by atoms with Crippen molar-refractivity contribution in [2.45, 2.75) is 53.9 Å². The van der Waals surface area contributed by atoms with Crippen LogP contribution in [-0.4, -0.2) is 13.6 Å². The van der Waals surface area contributed by atoms with E-state index in [1.165, 1.54) is 36.9 Å². The van der Waals surface area contributed by atoms with Gasteiger partial charge in [-0.15, -0.1) is 0 Å². The summed E-state index contributed by atoms with van der Waals surface area (Å²) in [7, 11) is 2.00. The average Bonchev–Trinajstić information content (AvgIpc) is 2.42. The molecule has 1 aromatic carbocycles. The van der Waals surface area contributed by atoms with Crippen molar-refractivity contribution in [2.24, 2.45) is 0 Å². The Labute approximate surface area is 121 Å². The number of benzene rings is 1. The van der Waals surface area contributed by atoms with Gasteiger partial charge in [-0.3, -0.25) is 0 Å². The zero-order valence-electron chi connectivity index (χ0n) is 13.8. The minimum Gasteiger partial charge on any atom is -0.320 e. The highest BCUT2D eigenvalue weighted by Crippen LogP contribution is 2.14. The first kappa shape index (κ1) is 20.2. The molecular weight excluding hydrogens is 230 g/mol. The minimum atomic E-state index is 1.14. The Bertz CT molecular complexity index is 311. The van der Waals surface area contributed by atoms with Crippen LogP contribution in [0.5, 0.6) is 0 Å². The van der Waals surface area contributed by atoms with Crippen LogP contribution >= 0.6 is 0 Å². The van der Waals surface area contributed by atoms with Crippen molar-refractivity contribution in [3.8, 4) is 0 Å². The zero-order chi connectivity index (χ0) is 15.1. The molecule has 1 N–H and O–H groups in total. The molecule has 0 aliphatic heterocycles. The molecule has 0 bridgehead atoms. The highest BCUT2D eigenvalue weighted by Gasteiger charge is 1.94. The fourth-order valence-corrected chi connectivity index (χ4v) is 1.60. The summed E-state index contributed by atoms with van der Waals surface area (Å²) in [6.07, 6.45) is 4.01. The lowest BCUT2D eigenvalue weighted by Gasteiger charge is -2.02. The molecule has 1 rings (SSSR count). The molecule has 0 radical (unpaired) electrons. The predicted molar refractivity (Wildman–Crippen MR) is 90.7 cm³/mol. The van der Waals surface area contributed by atoms with Crippen molar-refractivity contribution >= 4 is 5.57 Å². The number of hydrogen-bond donors (Lipinski definition) is 1. The van der Waals surface area contributed by atoms with Gasteiger partial charge in [-0.2, -0.15) is 0 Å². The molecule has 1 heteroatoms. The first-order chi connectivity index (χ1) is 9.13. The van der Waals surface area contributed by atoms with E-state index in [0.717, 1.165) is 5.57 Å². The maximum Gasteiger partial charge on any atom is -0.00519 e. The molecule has 0 saturated carbocycles. The van der Waals surface area contributed by atoms with E-state index in [1.807, 2.05) is 40.0 Å². The van der Waals surface area contributed by atoms with Gasteiger partial charge in [-0.25, -0.2) is 0 Å². The summed E-state index contributed by atoms with van der Waals surface area (Å²) in [6.45, 7) is 15.4. The first-order valence-electron chi connectivity index (χ1n) is 7.49. The molecule has 1 nitrogen and oxygen atoms in total. The molecule has 19 heavy (non-hydrogen) atoms. The lowest BCUT2D eigenvalue weighted by Crippen LogP contribution is -2.06. The van der Waals surface area contributed by atoms with Crippen LogP contribution in [0.1, 0.15) is 58.1 Å². The Balaban J connectivity index is 0. The summed E-state index contributed by atoms with van der Waals surface area (Å²) in [5.41, 5.74) is 3.70. The van der Waals surface area contributed by atoms with Crippen LogP contribution in [0.25, 0.3) is 5.57 Å². The molecule has 0 saturated heterocycles. The Morgan fingerprint density at radius 3 is 2.11 bits per heavy atom. The topological polar surface area (TPSA) is 12.0 Å². The van der Waals surface area contributed by atoms with Crippen molar-refractivity contribution in [1.82, 2.24) is 5.32 Å². The van der Waals surface area contributed by atoms with E-state index in [1.54, 1.807) is 0 Å². The predicted octanol–water partition coefficient (Wildman–Crippen LogP) is 5.45. The molecular formula is C18H33N. The van der Waals surface area contributed by atoms with Crippen LogP contribution in [0.2, 0.25) is 0 Å². The van der Waals surface area contributed by atoms with E-state index in [9.17, 15) is 0 Å². The van der Waals surface area contributed by atoms with Gasteiger partial charge < -0.3 is 5.32 Å². The van der Waals surface area contributed by atoms with Crippen LogP contribution in [-0.2, 0) is 0 Å². The number of hydrogen-bond acceptors (Lipinski definition) is 1. The summed E-state index contributed by atoms with van der Waals surface area (Å²) < 4.78 is 0. The van der Waals surface area contributed by atoms with Gasteiger partial charge in [0.15, 0.2) is 0 Å². The van der Waals surface area contributed by atoms with Gasteiger partial charge in [0, 0.05) is 0 Å². The van der Waals surface area contributed by atoms with Crippen molar-refractivity contribution in [3.05, 3.63) is 42.0 Å². The lowest BCUT2D eigenvalue weighted by atomic mass is 10.0. The van der Waals surface area contributed by atoms with Crippen LogP contribution in [0.3, 0.4) is 0 Å². The van der Waals surface area contributed by atoms with Crippen molar-refractivity contribution < 1.29 is 0 Å². The Morgan fingerprint density at radius 1 is 1.16 bits per heavy atom. The van der Waals surface area contributed by atoms with Crippen LogP contribution in [0.4, 0.5) is 0 Å². The van der Waals surface area contributed by atoms with Gasteiger partial charge in [0.05, 0.1) is 0 Å². The Kier molecular flexibility index (Phi) is 16.0. The van der Waals surface area contributed by atoms with Crippen molar-refractivity contribution in [3.63, 3.8) is 0 Å². The third-order valence-corrected chi connectivity index (χ3v) is 2.64. The largest absolute Gasteiger partial charge is 0.320 e. The van der Waals surface area contributed by atoms with Gasteiger partial charge in [0.25, 0.3) is 0 Å². The Morgan fingerprint density at radius 2 is 1.74 bits per heavy atom. The second kappa shape index (κ2) is 15.0. The monoisotopic (exact) mass is 263 g/mol. The van der Waals surface area contributed by atoms with E-state index >= 15 is 0 Å². The van der Waals surface area contributed by atoms with Gasteiger partial charge in [0.1, 0.15) is 0 Å². The second-order valence-electron chi connectivity index (χ2n) is 4.41. The maximum atomic E-state index is 3.89. The molecule has 0 atom stereocenters. The maximum absolute atomic E-state index is 3.89. The summed E-state index contributed by atoms with van der Waals surface area (Å²) >= 11 is 0. The molecule has 0 fully saturated rings. The Hall–Kier alpha value is -1.08. The second-order valence-corrected chi connectivity index (χ2v) is 4.41. The first-order valence-corrected chi connectivity index (χ1v) is 7.49. The van der Waals surface area contributed by atoms with Gasteiger partial charge in [0.2, 0.25) is 0 Å². The van der Waals surface area contributed by atoms with Gasteiger partial charge in [-0.1, -0.05) is 70.0 Å². The molecule has 0 aliphatic rings. The summed E-state index contributed by atoms with van der Waals surface area (Å²) in [5, 5.41) is 3.10. The van der Waals surface area contributed by atoms with Crippen LogP contribution in [0, 0.1) is 6.92 Å².